The molecule has 1 atom stereocenters. The van der Waals surface area contributed by atoms with Gasteiger partial charge in [0.15, 0.2) is 6.04 Å². The summed E-state index contributed by atoms with van der Waals surface area (Å²) >= 11 is 0. The Morgan fingerprint density at radius 1 is 1.32 bits per heavy atom. The topological polar surface area (TPSA) is 128 Å². The lowest BCUT2D eigenvalue weighted by atomic mass is 10.1. The van der Waals surface area contributed by atoms with Gasteiger partial charge in [-0.05, 0) is 18.2 Å². The number of morpholine rings is 1. The number of carbonyl (C=O) groups is 3. The van der Waals surface area contributed by atoms with Crippen LogP contribution in [0.25, 0.3) is 0 Å². The van der Waals surface area contributed by atoms with Crippen LogP contribution in [-0.2, 0) is 25.3 Å². The number of benzene rings is 1. The number of nitrogens with two attached hydrogens (primary N) is 2. The minimum Gasteiger partial charge on any atom is -0.370 e. The fourth-order valence-electron chi connectivity index (χ4n) is 2.17. The molecule has 8 nitrogen and oxygen atoms in total. The van der Waals surface area contributed by atoms with Gasteiger partial charge in [-0.3, -0.25) is 14.4 Å². The third kappa shape index (κ3) is 4.25. The summed E-state index contributed by atoms with van der Waals surface area (Å²) in [6.07, 6.45) is -4.81. The predicted molar refractivity (Wildman–Crippen MR) is 80.4 cm³/mol. The molecular weight excluding hydrogens is 345 g/mol. The average Bonchev–Trinajstić information content (AvgIpc) is 2.54. The van der Waals surface area contributed by atoms with Crippen LogP contribution in [0.5, 0.6) is 0 Å². The van der Waals surface area contributed by atoms with Crippen molar-refractivity contribution in [3.05, 3.63) is 23.8 Å². The second-order valence-corrected chi connectivity index (χ2v) is 5.19. The van der Waals surface area contributed by atoms with E-state index in [1.54, 1.807) is 0 Å². The normalized spacial score (nSPS) is 16.5. The Morgan fingerprint density at radius 3 is 2.56 bits per heavy atom. The quantitative estimate of drug-likeness (QED) is 0.642. The van der Waals surface area contributed by atoms with Gasteiger partial charge < -0.3 is 26.4 Å². The third-order valence-corrected chi connectivity index (χ3v) is 3.45. The molecule has 0 spiro atoms. The van der Waals surface area contributed by atoms with Gasteiger partial charge in [-0.15, -0.1) is 0 Å². The van der Waals surface area contributed by atoms with E-state index < -0.39 is 41.2 Å². The monoisotopic (exact) mass is 360 g/mol. The molecule has 0 saturated carbocycles. The summed E-state index contributed by atoms with van der Waals surface area (Å²) < 4.78 is 44.8. The number of alkyl halides is 3. The van der Waals surface area contributed by atoms with Crippen molar-refractivity contribution in [2.45, 2.75) is 12.2 Å². The van der Waals surface area contributed by atoms with Crippen LogP contribution >= 0.6 is 0 Å². The second-order valence-electron chi connectivity index (χ2n) is 5.19. The van der Waals surface area contributed by atoms with Crippen molar-refractivity contribution in [2.75, 3.05) is 30.0 Å². The Bertz CT molecular complexity index is 708. The molecule has 3 amide bonds. The van der Waals surface area contributed by atoms with Crippen LogP contribution < -0.4 is 21.7 Å². The summed E-state index contributed by atoms with van der Waals surface area (Å²) in [5, 5.41) is 1.93. The maximum atomic E-state index is 13.3. The second kappa shape index (κ2) is 7.07. The molecule has 0 aliphatic carbocycles. The van der Waals surface area contributed by atoms with E-state index in [2.05, 4.69) is 0 Å². The molecule has 1 aromatic carbocycles. The minimum absolute atomic E-state index is 0.0119. The van der Waals surface area contributed by atoms with Crippen molar-refractivity contribution >= 4 is 29.1 Å². The largest absolute Gasteiger partial charge is 0.418 e. The number of halogens is 3. The molecule has 1 heterocycles. The van der Waals surface area contributed by atoms with Gasteiger partial charge in [0.25, 0.3) is 11.8 Å². The van der Waals surface area contributed by atoms with Crippen LogP contribution in [0, 0.1) is 0 Å². The first-order valence-electron chi connectivity index (χ1n) is 7.06. The highest BCUT2D eigenvalue weighted by Crippen LogP contribution is 2.37. The van der Waals surface area contributed by atoms with Gasteiger partial charge in [-0.25, -0.2) is 0 Å². The van der Waals surface area contributed by atoms with E-state index in [9.17, 15) is 27.6 Å². The Balaban J connectivity index is 2.36. The molecule has 1 aliphatic rings. The number of nitrogens with zero attached hydrogens (tertiary/aromatic N) is 1. The van der Waals surface area contributed by atoms with Crippen molar-refractivity contribution in [1.29, 1.82) is 0 Å². The van der Waals surface area contributed by atoms with Crippen LogP contribution in [0.1, 0.15) is 5.56 Å². The lowest BCUT2D eigenvalue weighted by Crippen LogP contribution is -2.46. The third-order valence-electron chi connectivity index (χ3n) is 3.45. The number of amides is 3. The van der Waals surface area contributed by atoms with Crippen LogP contribution in [0.15, 0.2) is 18.2 Å². The molecule has 5 N–H and O–H groups in total. The Morgan fingerprint density at radius 2 is 2.00 bits per heavy atom. The SMILES string of the molecule is NC(=O)[C@H](N)C(=O)Nc1ccc(N2CCOCC2=O)cc1C(F)(F)F. The van der Waals surface area contributed by atoms with Crippen molar-refractivity contribution in [1.82, 2.24) is 0 Å². The van der Waals surface area contributed by atoms with Crippen LogP contribution in [-0.4, -0.2) is 43.5 Å². The summed E-state index contributed by atoms with van der Waals surface area (Å²) in [7, 11) is 0. The van der Waals surface area contributed by atoms with Gasteiger partial charge in [0.05, 0.1) is 17.9 Å². The summed E-state index contributed by atoms with van der Waals surface area (Å²) in [4.78, 5) is 35.5. The Labute approximate surface area is 139 Å². The zero-order valence-corrected chi connectivity index (χ0v) is 12.8. The number of ether oxygens (including phenoxy) is 1. The van der Waals surface area contributed by atoms with Crippen molar-refractivity contribution in [3.63, 3.8) is 0 Å². The lowest BCUT2D eigenvalue weighted by Gasteiger charge is -2.28. The summed E-state index contributed by atoms with van der Waals surface area (Å²) in [5.74, 6) is -2.83. The standard InChI is InChI=1S/C14H15F3N4O4/c15-14(16,17)8-5-7(21-3-4-25-6-10(21)22)1-2-9(8)20-13(24)11(18)12(19)23/h1-2,5,11H,3-4,6,18H2,(H2,19,23)(H,20,24)/t11-/m0/s1. The summed E-state index contributed by atoms with van der Waals surface area (Å²) in [6.45, 7) is 0.0702. The fraction of sp³-hybridized carbons (Fsp3) is 0.357. The van der Waals surface area contributed by atoms with E-state index in [1.807, 2.05) is 5.32 Å². The van der Waals surface area contributed by atoms with E-state index in [0.717, 1.165) is 17.0 Å². The molecular formula is C14H15F3N4O4. The highest BCUT2D eigenvalue weighted by Gasteiger charge is 2.36. The number of anilines is 2. The predicted octanol–water partition coefficient (Wildman–Crippen LogP) is -0.180. The first-order valence-corrected chi connectivity index (χ1v) is 7.06. The van der Waals surface area contributed by atoms with Crippen molar-refractivity contribution in [3.8, 4) is 0 Å². The summed E-state index contributed by atoms with van der Waals surface area (Å²) in [6, 6.07) is 1.16. The van der Waals surface area contributed by atoms with E-state index >= 15 is 0 Å². The smallest absolute Gasteiger partial charge is 0.370 e. The molecule has 0 unspecified atom stereocenters. The van der Waals surface area contributed by atoms with Crippen molar-refractivity contribution in [2.24, 2.45) is 11.5 Å². The number of hydrogen-bond donors (Lipinski definition) is 3. The number of primary amides is 1. The first-order chi connectivity index (χ1) is 11.6. The lowest BCUT2D eigenvalue weighted by molar-refractivity contribution is -0.137. The van der Waals surface area contributed by atoms with Crippen LogP contribution in [0.4, 0.5) is 24.5 Å². The molecule has 0 radical (unpaired) electrons. The fourth-order valence-corrected chi connectivity index (χ4v) is 2.17. The molecule has 1 aliphatic heterocycles. The Kier molecular flexibility index (Phi) is 5.28. The zero-order valence-electron chi connectivity index (χ0n) is 12.8. The molecule has 0 aromatic heterocycles. The van der Waals surface area contributed by atoms with E-state index in [4.69, 9.17) is 16.2 Å². The van der Waals surface area contributed by atoms with Gasteiger partial charge in [0, 0.05) is 12.2 Å². The van der Waals surface area contributed by atoms with E-state index in [0.29, 0.717) is 0 Å². The summed E-state index contributed by atoms with van der Waals surface area (Å²) in [5.41, 5.74) is 8.27. The number of rotatable bonds is 4. The van der Waals surface area contributed by atoms with Gasteiger partial charge >= 0.3 is 6.18 Å². The van der Waals surface area contributed by atoms with Gasteiger partial charge in [-0.2, -0.15) is 13.2 Å². The zero-order chi connectivity index (χ0) is 18.8. The van der Waals surface area contributed by atoms with E-state index in [-0.39, 0.29) is 25.4 Å². The molecule has 25 heavy (non-hydrogen) atoms. The highest BCUT2D eigenvalue weighted by molar-refractivity contribution is 6.09. The van der Waals surface area contributed by atoms with Gasteiger partial charge in [0.2, 0.25) is 5.91 Å². The van der Waals surface area contributed by atoms with Crippen LogP contribution in [0.2, 0.25) is 0 Å². The molecule has 1 saturated heterocycles. The van der Waals surface area contributed by atoms with Gasteiger partial charge in [0.1, 0.15) is 6.61 Å². The molecule has 2 rings (SSSR count). The molecule has 0 bridgehead atoms. The Hall–Kier alpha value is -2.66. The average molecular weight is 360 g/mol. The maximum Gasteiger partial charge on any atom is 0.418 e. The van der Waals surface area contributed by atoms with Crippen molar-refractivity contribution < 1.29 is 32.3 Å². The minimum atomic E-state index is -4.81. The van der Waals surface area contributed by atoms with E-state index in [1.165, 1.54) is 6.07 Å². The van der Waals surface area contributed by atoms with Crippen LogP contribution in [0.3, 0.4) is 0 Å². The molecule has 1 fully saturated rings. The van der Waals surface area contributed by atoms with Gasteiger partial charge in [-0.1, -0.05) is 0 Å². The molecule has 136 valence electrons. The number of carbonyl (C=O) groups excluding carboxylic acids is 3. The molecule has 11 heteroatoms. The number of nitrogens with one attached hydrogen (secondary N) is 1. The highest BCUT2D eigenvalue weighted by atomic mass is 19.4. The maximum absolute atomic E-state index is 13.3. The number of hydrogen-bond acceptors (Lipinski definition) is 5. The molecule has 1 aromatic rings. The first kappa shape index (κ1) is 18.7.